The van der Waals surface area contributed by atoms with Crippen molar-refractivity contribution in [1.82, 2.24) is 14.9 Å². The van der Waals surface area contributed by atoms with E-state index < -0.39 is 0 Å². The molecule has 1 fully saturated rings. The molecule has 8 nitrogen and oxygen atoms in total. The zero-order chi connectivity index (χ0) is 30.8. The number of carbonyl (C=O) groups excluding carboxylic acids is 1. The quantitative estimate of drug-likeness (QED) is 0.160. The highest BCUT2D eigenvalue weighted by Gasteiger charge is 2.42. The third-order valence-electron chi connectivity index (χ3n) is 7.61. The number of nitrogens with one attached hydrogen (secondary N) is 2. The smallest absolute Gasteiger partial charge is 0.262 e. The number of aromatic nitrogens is 2. The van der Waals surface area contributed by atoms with Gasteiger partial charge >= 0.3 is 0 Å². The Morgan fingerprint density at radius 3 is 2.50 bits per heavy atom. The Labute approximate surface area is 265 Å². The Morgan fingerprint density at radius 1 is 1.02 bits per heavy atom. The number of carbonyl (C=O) groups is 1. The summed E-state index contributed by atoms with van der Waals surface area (Å²) in [7, 11) is 0. The standard InChI is InChI=1S/C34H30ClN5O3S/c1-21-18-27(22(2)39(21)29-19-23(35)11-16-30(29)41)33-32(28-10-6-7-17-36-28)38-34(44)40(33)25-14-12-24(13-15-25)37-31(42)20-43-26-8-4-3-5-9-26/h3-19,32-33,41H,20H2,1-2H3,(H,37,42)(H,38,44)/t32-,33-/m1/s1. The number of para-hydroxylation sites is 1. The third kappa shape index (κ3) is 5.84. The van der Waals surface area contributed by atoms with E-state index in [4.69, 9.17) is 28.6 Å². The van der Waals surface area contributed by atoms with Crippen LogP contribution < -0.4 is 20.3 Å². The summed E-state index contributed by atoms with van der Waals surface area (Å²) >= 11 is 12.2. The van der Waals surface area contributed by atoms with Gasteiger partial charge in [-0.3, -0.25) is 9.78 Å². The van der Waals surface area contributed by atoms with Gasteiger partial charge in [0.15, 0.2) is 11.7 Å². The second-order valence-electron chi connectivity index (χ2n) is 10.5. The van der Waals surface area contributed by atoms with Crippen molar-refractivity contribution in [2.45, 2.75) is 25.9 Å². The largest absolute Gasteiger partial charge is 0.506 e. The minimum Gasteiger partial charge on any atom is -0.506 e. The third-order valence-corrected chi connectivity index (χ3v) is 8.16. The molecule has 1 saturated heterocycles. The first-order valence-corrected chi connectivity index (χ1v) is 14.8. The van der Waals surface area contributed by atoms with Crippen LogP contribution >= 0.6 is 23.8 Å². The van der Waals surface area contributed by atoms with Crippen LogP contribution in [0.3, 0.4) is 0 Å². The van der Waals surface area contributed by atoms with Crippen molar-refractivity contribution in [2.24, 2.45) is 0 Å². The number of amides is 1. The molecule has 0 saturated carbocycles. The molecule has 222 valence electrons. The first-order valence-electron chi connectivity index (χ1n) is 14.1. The number of thiocarbonyl (C=S) groups is 1. The van der Waals surface area contributed by atoms with E-state index in [1.54, 1.807) is 36.5 Å². The van der Waals surface area contributed by atoms with Gasteiger partial charge in [-0.25, -0.2) is 0 Å². The lowest BCUT2D eigenvalue weighted by Gasteiger charge is -2.28. The van der Waals surface area contributed by atoms with Crippen molar-refractivity contribution in [1.29, 1.82) is 0 Å². The topological polar surface area (TPSA) is 91.7 Å². The summed E-state index contributed by atoms with van der Waals surface area (Å²) in [4.78, 5) is 19.3. The van der Waals surface area contributed by atoms with Gasteiger partial charge in [0.2, 0.25) is 0 Å². The van der Waals surface area contributed by atoms with Gasteiger partial charge in [0.25, 0.3) is 5.91 Å². The fourth-order valence-electron chi connectivity index (χ4n) is 5.65. The van der Waals surface area contributed by atoms with Crippen LogP contribution in [-0.4, -0.2) is 32.3 Å². The second-order valence-corrected chi connectivity index (χ2v) is 11.3. The van der Waals surface area contributed by atoms with Crippen molar-refractivity contribution in [3.63, 3.8) is 0 Å². The molecule has 0 spiro atoms. The molecule has 1 aliphatic rings. The predicted octanol–water partition coefficient (Wildman–Crippen LogP) is 7.04. The molecule has 0 bridgehead atoms. The Kier molecular flexibility index (Phi) is 8.23. The van der Waals surface area contributed by atoms with E-state index in [9.17, 15) is 9.90 Å². The molecule has 0 aliphatic carbocycles. The molecule has 0 unspecified atom stereocenters. The van der Waals surface area contributed by atoms with Crippen LogP contribution in [0.5, 0.6) is 11.5 Å². The molecule has 5 aromatic rings. The van der Waals surface area contributed by atoms with E-state index in [0.717, 1.165) is 28.3 Å². The highest BCUT2D eigenvalue weighted by atomic mass is 35.5. The summed E-state index contributed by atoms with van der Waals surface area (Å²) in [6.45, 7) is 3.92. The molecule has 0 radical (unpaired) electrons. The van der Waals surface area contributed by atoms with Crippen LogP contribution in [0.15, 0.2) is 103 Å². The summed E-state index contributed by atoms with van der Waals surface area (Å²) in [5.74, 6) is 0.504. The number of anilines is 2. The highest BCUT2D eigenvalue weighted by molar-refractivity contribution is 7.80. The first kappa shape index (κ1) is 29.2. The van der Waals surface area contributed by atoms with E-state index in [0.29, 0.717) is 27.3 Å². The van der Waals surface area contributed by atoms with E-state index in [1.165, 1.54) is 0 Å². The molecule has 2 atom stereocenters. The summed E-state index contributed by atoms with van der Waals surface area (Å²) in [6, 6.07) is 29.2. The number of pyridine rings is 1. The van der Waals surface area contributed by atoms with Crippen LogP contribution in [0.4, 0.5) is 11.4 Å². The van der Waals surface area contributed by atoms with E-state index in [1.807, 2.05) is 79.1 Å². The van der Waals surface area contributed by atoms with Crippen molar-refractivity contribution >= 4 is 46.2 Å². The van der Waals surface area contributed by atoms with Crippen LogP contribution in [0.1, 0.15) is 34.7 Å². The number of benzene rings is 3. The van der Waals surface area contributed by atoms with Crippen molar-refractivity contribution < 1.29 is 14.6 Å². The fourth-order valence-corrected chi connectivity index (χ4v) is 6.16. The van der Waals surface area contributed by atoms with Gasteiger partial charge in [-0.15, -0.1) is 0 Å². The molecule has 3 N–H and O–H groups in total. The van der Waals surface area contributed by atoms with Gasteiger partial charge < -0.3 is 29.9 Å². The number of hydrogen-bond acceptors (Lipinski definition) is 5. The van der Waals surface area contributed by atoms with Gasteiger partial charge in [-0.1, -0.05) is 35.9 Å². The normalized spacial score (nSPS) is 16.1. The molecule has 6 rings (SSSR count). The van der Waals surface area contributed by atoms with Crippen LogP contribution in [0.25, 0.3) is 5.69 Å². The van der Waals surface area contributed by atoms with E-state index in [2.05, 4.69) is 26.6 Å². The molecule has 1 aliphatic heterocycles. The zero-order valence-corrected chi connectivity index (χ0v) is 25.6. The van der Waals surface area contributed by atoms with Gasteiger partial charge in [-0.05, 0) is 104 Å². The van der Waals surface area contributed by atoms with E-state index >= 15 is 0 Å². The average Bonchev–Trinajstić information content (AvgIpc) is 3.53. The summed E-state index contributed by atoms with van der Waals surface area (Å²) < 4.78 is 7.57. The summed E-state index contributed by atoms with van der Waals surface area (Å²) in [5, 5.41) is 18.2. The Bertz CT molecular complexity index is 1810. The van der Waals surface area contributed by atoms with Gasteiger partial charge in [0, 0.05) is 34.0 Å². The average molecular weight is 624 g/mol. The highest BCUT2D eigenvalue weighted by Crippen LogP contribution is 2.44. The predicted molar refractivity (Wildman–Crippen MR) is 177 cm³/mol. The number of halogens is 1. The van der Waals surface area contributed by atoms with Crippen LogP contribution in [0, 0.1) is 13.8 Å². The maximum absolute atomic E-state index is 12.5. The lowest BCUT2D eigenvalue weighted by Crippen LogP contribution is -2.29. The lowest BCUT2D eigenvalue weighted by molar-refractivity contribution is -0.118. The molecular formula is C34H30ClN5O3S. The molecule has 10 heteroatoms. The molecule has 1 amide bonds. The SMILES string of the molecule is Cc1cc([C@@H]2[C@@H](c3ccccn3)NC(=S)N2c2ccc(NC(=O)COc3ccccc3)cc2)c(C)n1-c1cc(Cl)ccc1O. The molecule has 2 aromatic heterocycles. The number of nitrogens with zero attached hydrogens (tertiary/aromatic N) is 3. The minimum absolute atomic E-state index is 0.0997. The van der Waals surface area contributed by atoms with E-state index in [-0.39, 0.29) is 30.3 Å². The molecule has 3 heterocycles. The van der Waals surface area contributed by atoms with Gasteiger partial charge in [0.1, 0.15) is 11.5 Å². The first-order chi connectivity index (χ1) is 21.3. The fraction of sp³-hybridized carbons (Fsp3) is 0.147. The van der Waals surface area contributed by atoms with Gasteiger partial charge in [0.05, 0.1) is 23.5 Å². The summed E-state index contributed by atoms with van der Waals surface area (Å²) in [5.41, 5.74) is 5.82. The monoisotopic (exact) mass is 623 g/mol. The van der Waals surface area contributed by atoms with Crippen molar-refractivity contribution in [3.05, 3.63) is 131 Å². The summed E-state index contributed by atoms with van der Waals surface area (Å²) in [6.07, 6.45) is 1.77. The Balaban J connectivity index is 1.32. The number of aromatic hydroxyl groups is 1. The maximum Gasteiger partial charge on any atom is 0.262 e. The molecule has 44 heavy (non-hydrogen) atoms. The van der Waals surface area contributed by atoms with Crippen molar-refractivity contribution in [3.8, 4) is 17.2 Å². The Hall–Kier alpha value is -4.86. The minimum atomic E-state index is -0.265. The number of phenols is 1. The van der Waals surface area contributed by atoms with Crippen LogP contribution in [-0.2, 0) is 4.79 Å². The van der Waals surface area contributed by atoms with Gasteiger partial charge in [-0.2, -0.15) is 0 Å². The molecule has 3 aromatic carbocycles. The zero-order valence-electron chi connectivity index (χ0n) is 24.1. The number of phenolic OH excluding ortho intramolecular Hbond substituents is 1. The maximum atomic E-state index is 12.5. The number of aryl methyl sites for hydroxylation is 1. The number of rotatable bonds is 8. The number of hydrogen-bond donors (Lipinski definition) is 3. The molecular weight excluding hydrogens is 594 g/mol. The van der Waals surface area contributed by atoms with Crippen molar-refractivity contribution in [2.75, 3.05) is 16.8 Å². The number of ether oxygens (including phenoxy) is 1. The lowest BCUT2D eigenvalue weighted by atomic mass is 9.96. The second kappa shape index (κ2) is 12.4. The van der Waals surface area contributed by atoms with Crippen LogP contribution in [0.2, 0.25) is 5.02 Å². The Morgan fingerprint density at radius 2 is 1.77 bits per heavy atom.